The Morgan fingerprint density at radius 3 is 2.82 bits per heavy atom. The highest BCUT2D eigenvalue weighted by atomic mass is 32.2. The molecule has 28 heavy (non-hydrogen) atoms. The fraction of sp³-hybridized carbons (Fsp3) is 0.474. The highest BCUT2D eigenvalue weighted by Crippen LogP contribution is 2.22. The second kappa shape index (κ2) is 9.20. The Morgan fingerprint density at radius 2 is 2.14 bits per heavy atom. The molecule has 1 aromatic carbocycles. The van der Waals surface area contributed by atoms with Crippen molar-refractivity contribution in [2.45, 2.75) is 24.8 Å². The first-order valence-corrected chi connectivity index (χ1v) is 11.0. The van der Waals surface area contributed by atoms with E-state index in [0.29, 0.717) is 32.5 Å². The number of H-pyrrole nitrogens is 1. The van der Waals surface area contributed by atoms with Crippen LogP contribution in [0.1, 0.15) is 19.8 Å². The predicted molar refractivity (Wildman–Crippen MR) is 107 cm³/mol. The molecule has 0 bridgehead atoms. The van der Waals surface area contributed by atoms with Gasteiger partial charge in [-0.15, -0.1) is 0 Å². The van der Waals surface area contributed by atoms with Crippen molar-refractivity contribution in [1.29, 1.82) is 0 Å². The van der Waals surface area contributed by atoms with E-state index in [-0.39, 0.29) is 23.4 Å². The van der Waals surface area contributed by atoms with Crippen LogP contribution in [0.15, 0.2) is 47.9 Å². The van der Waals surface area contributed by atoms with E-state index in [1.165, 1.54) is 16.8 Å². The molecule has 0 saturated carbocycles. The Kier molecular flexibility index (Phi) is 6.69. The van der Waals surface area contributed by atoms with Gasteiger partial charge in [0.1, 0.15) is 0 Å². The van der Waals surface area contributed by atoms with E-state index in [9.17, 15) is 13.2 Å². The van der Waals surface area contributed by atoms with Gasteiger partial charge >= 0.3 is 0 Å². The van der Waals surface area contributed by atoms with E-state index in [4.69, 9.17) is 0 Å². The second-order valence-electron chi connectivity index (χ2n) is 6.82. The summed E-state index contributed by atoms with van der Waals surface area (Å²) in [6, 6.07) is 10.1. The van der Waals surface area contributed by atoms with Crippen LogP contribution in [0.5, 0.6) is 0 Å². The molecule has 0 aliphatic carbocycles. The van der Waals surface area contributed by atoms with Crippen LogP contribution in [-0.4, -0.2) is 61.3 Å². The third-order valence-corrected chi connectivity index (χ3v) is 6.82. The van der Waals surface area contributed by atoms with Gasteiger partial charge in [-0.1, -0.05) is 18.2 Å². The van der Waals surface area contributed by atoms with Gasteiger partial charge in [0.2, 0.25) is 5.91 Å². The lowest BCUT2D eigenvalue weighted by atomic mass is 9.99. The molecule has 2 aromatic rings. The Bertz CT molecular complexity index is 855. The number of carbonyl (C=O) groups is 1. The molecule has 8 nitrogen and oxygen atoms in total. The van der Waals surface area contributed by atoms with Crippen molar-refractivity contribution in [1.82, 2.24) is 19.6 Å². The number of imidazole rings is 1. The van der Waals surface area contributed by atoms with Gasteiger partial charge in [0.05, 0.1) is 18.4 Å². The number of amides is 1. The molecule has 2 heterocycles. The molecule has 0 spiro atoms. The lowest BCUT2D eigenvalue weighted by molar-refractivity contribution is -0.126. The predicted octanol–water partition coefficient (Wildman–Crippen LogP) is 1.45. The molecule has 152 valence electrons. The third-order valence-electron chi connectivity index (χ3n) is 5.03. The first-order valence-electron chi connectivity index (χ1n) is 9.58. The molecule has 0 unspecified atom stereocenters. The number of nitrogens with one attached hydrogen (secondary N) is 2. The Morgan fingerprint density at radius 1 is 1.36 bits per heavy atom. The molecule has 3 rings (SSSR count). The molecule has 1 aliphatic heterocycles. The van der Waals surface area contributed by atoms with Gasteiger partial charge in [-0.25, -0.2) is 13.4 Å². The average molecular weight is 406 g/mol. The maximum atomic E-state index is 12.6. The minimum absolute atomic E-state index is 0.0648. The SMILES string of the molecule is CCN(CCNC(=O)[C@H]1CCCN(S(=O)(=O)c2cnc[nH]2)C1)c1ccccc1. The molecule has 1 saturated heterocycles. The van der Waals surface area contributed by atoms with Crippen molar-refractivity contribution >= 4 is 21.6 Å². The van der Waals surface area contributed by atoms with Crippen molar-refractivity contribution in [2.75, 3.05) is 37.6 Å². The lowest BCUT2D eigenvalue weighted by Gasteiger charge is -2.31. The van der Waals surface area contributed by atoms with Crippen LogP contribution in [0.25, 0.3) is 0 Å². The smallest absolute Gasteiger partial charge is 0.260 e. The summed E-state index contributed by atoms with van der Waals surface area (Å²) in [6.07, 6.45) is 3.99. The number of anilines is 1. The van der Waals surface area contributed by atoms with Gasteiger partial charge < -0.3 is 15.2 Å². The molecule has 0 radical (unpaired) electrons. The highest BCUT2D eigenvalue weighted by molar-refractivity contribution is 7.89. The van der Waals surface area contributed by atoms with Gasteiger partial charge in [0.25, 0.3) is 10.0 Å². The lowest BCUT2D eigenvalue weighted by Crippen LogP contribution is -2.46. The zero-order valence-corrected chi connectivity index (χ0v) is 16.9. The minimum Gasteiger partial charge on any atom is -0.370 e. The molecule has 1 atom stereocenters. The van der Waals surface area contributed by atoms with E-state index < -0.39 is 10.0 Å². The van der Waals surface area contributed by atoms with Crippen LogP contribution >= 0.6 is 0 Å². The molecule has 1 fully saturated rings. The van der Waals surface area contributed by atoms with Crippen LogP contribution in [0.2, 0.25) is 0 Å². The summed E-state index contributed by atoms with van der Waals surface area (Å²) in [5.41, 5.74) is 1.12. The first-order chi connectivity index (χ1) is 13.5. The third kappa shape index (κ3) is 4.71. The van der Waals surface area contributed by atoms with E-state index in [1.807, 2.05) is 30.3 Å². The van der Waals surface area contributed by atoms with E-state index in [2.05, 4.69) is 27.1 Å². The highest BCUT2D eigenvalue weighted by Gasteiger charge is 2.33. The monoisotopic (exact) mass is 405 g/mol. The number of aromatic amines is 1. The Hall–Kier alpha value is -2.39. The van der Waals surface area contributed by atoms with Crippen molar-refractivity contribution in [3.8, 4) is 0 Å². The van der Waals surface area contributed by atoms with Crippen LogP contribution in [0, 0.1) is 5.92 Å². The number of hydrogen-bond acceptors (Lipinski definition) is 5. The number of hydrogen-bond donors (Lipinski definition) is 2. The van der Waals surface area contributed by atoms with Gasteiger partial charge in [-0.3, -0.25) is 4.79 Å². The van der Waals surface area contributed by atoms with Crippen molar-refractivity contribution in [3.05, 3.63) is 42.9 Å². The number of nitrogens with zero attached hydrogens (tertiary/aromatic N) is 3. The summed E-state index contributed by atoms with van der Waals surface area (Å²) in [4.78, 5) is 21.2. The molecular weight excluding hydrogens is 378 g/mol. The number of likely N-dealkylation sites (N-methyl/N-ethyl adjacent to an activating group) is 1. The van der Waals surface area contributed by atoms with Crippen LogP contribution in [0.3, 0.4) is 0 Å². The molecule has 1 amide bonds. The Balaban J connectivity index is 1.53. The van der Waals surface area contributed by atoms with Crippen LogP contribution in [0.4, 0.5) is 5.69 Å². The van der Waals surface area contributed by atoms with Gasteiger partial charge in [0, 0.05) is 38.4 Å². The van der Waals surface area contributed by atoms with Crippen molar-refractivity contribution < 1.29 is 13.2 Å². The molecule has 2 N–H and O–H groups in total. The quantitative estimate of drug-likeness (QED) is 0.693. The summed E-state index contributed by atoms with van der Waals surface area (Å²) in [5, 5.41) is 3.04. The van der Waals surface area contributed by atoms with Crippen LogP contribution in [-0.2, 0) is 14.8 Å². The number of piperidine rings is 1. The average Bonchev–Trinajstić information content (AvgIpc) is 3.28. The second-order valence-corrected chi connectivity index (χ2v) is 8.73. The zero-order valence-electron chi connectivity index (χ0n) is 16.0. The van der Waals surface area contributed by atoms with Gasteiger partial charge in [0.15, 0.2) is 5.03 Å². The van der Waals surface area contributed by atoms with Crippen molar-refractivity contribution in [3.63, 3.8) is 0 Å². The van der Waals surface area contributed by atoms with E-state index in [0.717, 1.165) is 12.2 Å². The van der Waals surface area contributed by atoms with Gasteiger partial charge in [-0.05, 0) is 31.9 Å². The van der Waals surface area contributed by atoms with Crippen molar-refractivity contribution in [2.24, 2.45) is 5.92 Å². The van der Waals surface area contributed by atoms with Crippen LogP contribution < -0.4 is 10.2 Å². The number of benzene rings is 1. The fourth-order valence-electron chi connectivity index (χ4n) is 3.47. The fourth-order valence-corrected chi connectivity index (χ4v) is 4.88. The topological polar surface area (TPSA) is 98.4 Å². The number of rotatable bonds is 8. The number of para-hydroxylation sites is 1. The summed E-state index contributed by atoms with van der Waals surface area (Å²) in [5.74, 6) is -0.424. The Labute approximate surface area is 166 Å². The number of aromatic nitrogens is 2. The standard InChI is InChI=1S/C19H27N5O3S/c1-2-23(17-8-4-3-5-9-17)12-10-21-19(25)16-7-6-11-24(14-16)28(26,27)18-13-20-15-22-18/h3-5,8-9,13,15-16H,2,6-7,10-12,14H2,1H3,(H,20,22)(H,21,25)/t16-/m0/s1. The first kappa shape index (κ1) is 20.3. The van der Waals surface area contributed by atoms with E-state index >= 15 is 0 Å². The zero-order chi connectivity index (χ0) is 20.0. The van der Waals surface area contributed by atoms with E-state index in [1.54, 1.807) is 0 Å². The maximum absolute atomic E-state index is 12.6. The summed E-state index contributed by atoms with van der Waals surface area (Å²) in [7, 11) is -3.63. The summed E-state index contributed by atoms with van der Waals surface area (Å²) < 4.78 is 26.6. The molecule has 1 aliphatic rings. The summed E-state index contributed by atoms with van der Waals surface area (Å²) >= 11 is 0. The van der Waals surface area contributed by atoms with Gasteiger partial charge in [-0.2, -0.15) is 4.31 Å². The summed E-state index contributed by atoms with van der Waals surface area (Å²) in [6.45, 7) is 4.76. The molecule has 9 heteroatoms. The number of carbonyl (C=O) groups excluding carboxylic acids is 1. The largest absolute Gasteiger partial charge is 0.370 e. The molecular formula is C19H27N5O3S. The minimum atomic E-state index is -3.63. The molecule has 1 aromatic heterocycles. The number of sulfonamides is 1. The maximum Gasteiger partial charge on any atom is 0.260 e. The normalized spacial score (nSPS) is 18.0.